The number of amides is 2. The van der Waals surface area contributed by atoms with E-state index in [1.165, 1.54) is 0 Å². The van der Waals surface area contributed by atoms with Crippen molar-refractivity contribution in [1.82, 2.24) is 16.0 Å². The topological polar surface area (TPSA) is 79.5 Å². The first-order chi connectivity index (χ1) is 15.0. The van der Waals surface area contributed by atoms with E-state index in [9.17, 15) is 9.59 Å². The first kappa shape index (κ1) is 27.7. The predicted octanol–water partition coefficient (Wildman–Crippen LogP) is 5.47. The quantitative estimate of drug-likeness (QED) is 0.438. The number of carbonyl (C=O) groups is 2. The SMILES string of the molecule is CC(C)C[C@@H](/C=C/C1(C(=O)NC2CC(C)(C)NC(C)(C)C2)CCCC1)NC(=O)OC(C)(C)C. The largest absolute Gasteiger partial charge is 0.444 e. The first-order valence-electron chi connectivity index (χ1n) is 12.8. The number of rotatable bonds is 7. The molecule has 1 aliphatic carbocycles. The van der Waals surface area contributed by atoms with Crippen LogP contribution < -0.4 is 16.0 Å². The van der Waals surface area contributed by atoms with Crippen LogP contribution in [-0.2, 0) is 9.53 Å². The van der Waals surface area contributed by atoms with Gasteiger partial charge in [0.1, 0.15) is 5.60 Å². The van der Waals surface area contributed by atoms with Gasteiger partial charge in [-0.25, -0.2) is 4.79 Å². The molecule has 1 saturated heterocycles. The van der Waals surface area contributed by atoms with Crippen LogP contribution in [0, 0.1) is 11.3 Å². The van der Waals surface area contributed by atoms with Gasteiger partial charge in [0, 0.05) is 17.1 Å². The van der Waals surface area contributed by atoms with Crippen molar-refractivity contribution in [2.24, 2.45) is 11.3 Å². The lowest BCUT2D eigenvalue weighted by Crippen LogP contribution is -2.62. The van der Waals surface area contributed by atoms with Crippen molar-refractivity contribution in [3.05, 3.63) is 12.2 Å². The van der Waals surface area contributed by atoms with Gasteiger partial charge in [0.25, 0.3) is 0 Å². The van der Waals surface area contributed by atoms with Crippen LogP contribution in [0.3, 0.4) is 0 Å². The Morgan fingerprint density at radius 2 is 1.61 bits per heavy atom. The van der Waals surface area contributed by atoms with Crippen molar-refractivity contribution in [2.75, 3.05) is 0 Å². The van der Waals surface area contributed by atoms with Gasteiger partial charge in [0.15, 0.2) is 0 Å². The van der Waals surface area contributed by atoms with E-state index in [-0.39, 0.29) is 29.1 Å². The molecule has 2 rings (SSSR count). The van der Waals surface area contributed by atoms with Gasteiger partial charge < -0.3 is 20.7 Å². The molecule has 1 aliphatic heterocycles. The van der Waals surface area contributed by atoms with Crippen LogP contribution in [0.5, 0.6) is 0 Å². The second-order valence-corrected chi connectivity index (χ2v) is 13.1. The molecule has 0 aromatic rings. The van der Waals surface area contributed by atoms with Crippen molar-refractivity contribution >= 4 is 12.0 Å². The maximum Gasteiger partial charge on any atom is 0.408 e. The van der Waals surface area contributed by atoms with Crippen LogP contribution in [0.4, 0.5) is 4.79 Å². The molecule has 0 spiro atoms. The second-order valence-electron chi connectivity index (χ2n) is 13.1. The molecule has 2 fully saturated rings. The average molecular weight is 464 g/mol. The van der Waals surface area contributed by atoms with Gasteiger partial charge >= 0.3 is 6.09 Å². The van der Waals surface area contributed by atoms with Gasteiger partial charge in [-0.3, -0.25) is 4.79 Å². The van der Waals surface area contributed by atoms with Crippen molar-refractivity contribution in [1.29, 1.82) is 0 Å². The lowest BCUT2D eigenvalue weighted by atomic mass is 9.78. The highest BCUT2D eigenvalue weighted by Crippen LogP contribution is 2.41. The van der Waals surface area contributed by atoms with Gasteiger partial charge in [0.05, 0.1) is 11.5 Å². The van der Waals surface area contributed by atoms with Gasteiger partial charge in [-0.15, -0.1) is 0 Å². The molecule has 6 heteroatoms. The normalized spacial score (nSPS) is 23.5. The van der Waals surface area contributed by atoms with E-state index in [2.05, 4.69) is 63.6 Å². The smallest absolute Gasteiger partial charge is 0.408 e. The Kier molecular flexibility index (Phi) is 8.70. The molecule has 6 nitrogen and oxygen atoms in total. The summed E-state index contributed by atoms with van der Waals surface area (Å²) in [5, 5.41) is 10.1. The van der Waals surface area contributed by atoms with E-state index in [1.54, 1.807) is 0 Å². The van der Waals surface area contributed by atoms with Gasteiger partial charge in [-0.05, 0) is 86.5 Å². The monoisotopic (exact) mass is 463 g/mol. The number of piperidine rings is 1. The van der Waals surface area contributed by atoms with Crippen LogP contribution in [0.1, 0.15) is 107 Å². The minimum Gasteiger partial charge on any atom is -0.444 e. The van der Waals surface area contributed by atoms with E-state index in [0.717, 1.165) is 44.9 Å². The molecule has 1 saturated carbocycles. The minimum atomic E-state index is -0.543. The fourth-order valence-electron chi connectivity index (χ4n) is 5.68. The zero-order valence-corrected chi connectivity index (χ0v) is 22.6. The van der Waals surface area contributed by atoms with Crippen LogP contribution in [0.2, 0.25) is 0 Å². The number of ether oxygens (including phenoxy) is 1. The molecule has 33 heavy (non-hydrogen) atoms. The summed E-state index contributed by atoms with van der Waals surface area (Å²) in [5.74, 6) is 0.539. The highest BCUT2D eigenvalue weighted by Gasteiger charge is 2.43. The Morgan fingerprint density at radius 1 is 1.06 bits per heavy atom. The highest BCUT2D eigenvalue weighted by molar-refractivity contribution is 5.85. The summed E-state index contributed by atoms with van der Waals surface area (Å²) >= 11 is 0. The van der Waals surface area contributed by atoms with Crippen LogP contribution >= 0.6 is 0 Å². The molecule has 0 aromatic carbocycles. The summed E-state index contributed by atoms with van der Waals surface area (Å²) < 4.78 is 5.46. The Morgan fingerprint density at radius 3 is 2.09 bits per heavy atom. The fourth-order valence-corrected chi connectivity index (χ4v) is 5.68. The Labute approximate surface area is 202 Å². The van der Waals surface area contributed by atoms with E-state index < -0.39 is 17.1 Å². The summed E-state index contributed by atoms with van der Waals surface area (Å²) in [5.41, 5.74) is -1.07. The summed E-state index contributed by atoms with van der Waals surface area (Å²) in [6.07, 6.45) is 10.1. The van der Waals surface area contributed by atoms with Crippen LogP contribution in [0.15, 0.2) is 12.2 Å². The number of hydrogen-bond acceptors (Lipinski definition) is 4. The van der Waals surface area contributed by atoms with Gasteiger partial charge in [-0.1, -0.05) is 38.8 Å². The molecule has 1 heterocycles. The van der Waals surface area contributed by atoms with Crippen molar-refractivity contribution in [2.45, 2.75) is 136 Å². The fraction of sp³-hybridized carbons (Fsp3) is 0.852. The van der Waals surface area contributed by atoms with E-state index in [4.69, 9.17) is 4.74 Å². The molecule has 1 atom stereocenters. The molecule has 0 bridgehead atoms. The Balaban J connectivity index is 2.15. The summed E-state index contributed by atoms with van der Waals surface area (Å²) in [4.78, 5) is 26.0. The third kappa shape index (κ3) is 8.95. The van der Waals surface area contributed by atoms with Crippen LogP contribution in [-0.4, -0.2) is 40.8 Å². The molecule has 0 unspecified atom stereocenters. The third-order valence-corrected chi connectivity index (χ3v) is 6.55. The second kappa shape index (κ2) is 10.4. The molecule has 3 N–H and O–H groups in total. The zero-order valence-electron chi connectivity index (χ0n) is 22.6. The Bertz CT molecular complexity index is 697. The van der Waals surface area contributed by atoms with Crippen molar-refractivity contribution < 1.29 is 14.3 Å². The lowest BCUT2D eigenvalue weighted by Gasteiger charge is -2.47. The molecule has 190 valence electrons. The van der Waals surface area contributed by atoms with Gasteiger partial charge in [0.2, 0.25) is 5.91 Å². The minimum absolute atomic E-state index is 0.0158. The van der Waals surface area contributed by atoms with E-state index in [1.807, 2.05) is 26.8 Å². The number of carbonyl (C=O) groups excluding carboxylic acids is 2. The summed E-state index contributed by atoms with van der Waals surface area (Å²) in [6, 6.07) is -0.0113. The molecule has 0 radical (unpaired) electrons. The molecule has 0 aromatic heterocycles. The first-order valence-corrected chi connectivity index (χ1v) is 12.8. The maximum absolute atomic E-state index is 13.6. The Hall–Kier alpha value is -1.56. The molecular weight excluding hydrogens is 414 g/mol. The number of alkyl carbamates (subject to hydrolysis) is 1. The van der Waals surface area contributed by atoms with Crippen molar-refractivity contribution in [3.63, 3.8) is 0 Å². The van der Waals surface area contributed by atoms with E-state index in [0.29, 0.717) is 5.92 Å². The highest BCUT2D eigenvalue weighted by atomic mass is 16.6. The third-order valence-electron chi connectivity index (χ3n) is 6.55. The van der Waals surface area contributed by atoms with Gasteiger partial charge in [-0.2, -0.15) is 0 Å². The number of nitrogens with one attached hydrogen (secondary N) is 3. The zero-order chi connectivity index (χ0) is 25.1. The number of hydrogen-bond donors (Lipinski definition) is 3. The predicted molar refractivity (Wildman–Crippen MR) is 135 cm³/mol. The molecular formula is C27H49N3O3. The molecule has 2 aliphatic rings. The summed E-state index contributed by atoms with van der Waals surface area (Å²) in [7, 11) is 0. The van der Waals surface area contributed by atoms with Crippen molar-refractivity contribution in [3.8, 4) is 0 Å². The lowest BCUT2D eigenvalue weighted by molar-refractivity contribution is -0.129. The van der Waals surface area contributed by atoms with Crippen LogP contribution in [0.25, 0.3) is 0 Å². The summed E-state index contributed by atoms with van der Waals surface area (Å²) in [6.45, 7) is 18.7. The van der Waals surface area contributed by atoms with E-state index >= 15 is 0 Å². The standard InChI is InChI=1S/C27H49N3O3/c1-19(2)16-20(29-23(32)33-24(3,4)5)12-15-27(13-10-11-14-27)22(31)28-21-17-25(6,7)30-26(8,9)18-21/h12,15,19-21,30H,10-11,13-14,16-18H2,1-9H3,(H,28,31)(H,29,32)/b15-12+/t20-/m1/s1. The maximum atomic E-state index is 13.6. The average Bonchev–Trinajstić information content (AvgIpc) is 3.04. The molecule has 2 amide bonds.